The second-order valence-corrected chi connectivity index (χ2v) is 2.60. The van der Waals surface area contributed by atoms with Gasteiger partial charge in [-0.15, -0.1) is 11.6 Å². The van der Waals surface area contributed by atoms with Crippen LogP contribution in [0.3, 0.4) is 0 Å². The zero-order chi connectivity index (χ0) is 7.40. The number of alkyl halides is 1. The third-order valence-corrected chi connectivity index (χ3v) is 1.35. The van der Waals surface area contributed by atoms with Gasteiger partial charge in [-0.05, 0) is 12.8 Å². The van der Waals surface area contributed by atoms with Gasteiger partial charge in [0.1, 0.15) is 6.10 Å². The summed E-state index contributed by atoms with van der Waals surface area (Å²) in [6, 6.07) is 0. The first-order valence-electron chi connectivity index (χ1n) is 3.33. The zero-order valence-corrected chi connectivity index (χ0v) is 6.36. The van der Waals surface area contributed by atoms with Gasteiger partial charge in [0.2, 0.25) is 0 Å². The molecular formula is C6H10ClNO2. The molecule has 0 unspecified atom stereocenters. The standard InChI is InChI=1S/C6H10ClNO2/c7-3-4-8-6(9)10-5-1-2-5/h5H,1-4H2,(H,8,9). The van der Waals surface area contributed by atoms with E-state index in [-0.39, 0.29) is 12.2 Å². The van der Waals surface area contributed by atoms with E-state index in [1.165, 1.54) is 0 Å². The first-order chi connectivity index (χ1) is 4.83. The third kappa shape index (κ3) is 2.92. The van der Waals surface area contributed by atoms with Crippen molar-refractivity contribution in [3.05, 3.63) is 0 Å². The number of carbonyl (C=O) groups is 1. The molecule has 0 bridgehead atoms. The first kappa shape index (κ1) is 7.66. The molecule has 1 saturated carbocycles. The second kappa shape index (κ2) is 3.66. The molecule has 0 saturated heterocycles. The van der Waals surface area contributed by atoms with E-state index >= 15 is 0 Å². The van der Waals surface area contributed by atoms with E-state index in [2.05, 4.69) is 5.32 Å². The Morgan fingerprint density at radius 3 is 2.90 bits per heavy atom. The van der Waals surface area contributed by atoms with Crippen molar-refractivity contribution < 1.29 is 9.53 Å². The van der Waals surface area contributed by atoms with Gasteiger partial charge in [-0.1, -0.05) is 0 Å². The molecule has 0 aromatic rings. The SMILES string of the molecule is O=C(NCCCl)OC1CC1. The van der Waals surface area contributed by atoms with Crippen molar-refractivity contribution in [2.45, 2.75) is 18.9 Å². The minimum absolute atomic E-state index is 0.176. The molecule has 0 atom stereocenters. The van der Waals surface area contributed by atoms with Crippen LogP contribution in [0.2, 0.25) is 0 Å². The lowest BCUT2D eigenvalue weighted by molar-refractivity contribution is 0.140. The fourth-order valence-electron chi connectivity index (χ4n) is 0.528. The van der Waals surface area contributed by atoms with Crippen LogP contribution in [0.15, 0.2) is 0 Å². The quantitative estimate of drug-likeness (QED) is 0.634. The van der Waals surface area contributed by atoms with Gasteiger partial charge in [-0.3, -0.25) is 0 Å². The molecule has 1 N–H and O–H groups in total. The third-order valence-electron chi connectivity index (χ3n) is 1.16. The van der Waals surface area contributed by atoms with Crippen molar-refractivity contribution in [2.24, 2.45) is 0 Å². The Kier molecular flexibility index (Phi) is 2.81. The van der Waals surface area contributed by atoms with E-state index in [0.717, 1.165) is 12.8 Å². The number of nitrogens with one attached hydrogen (secondary N) is 1. The highest BCUT2D eigenvalue weighted by molar-refractivity contribution is 6.18. The van der Waals surface area contributed by atoms with Crippen LogP contribution < -0.4 is 5.32 Å². The molecule has 58 valence electrons. The van der Waals surface area contributed by atoms with Crippen molar-refractivity contribution in [1.82, 2.24) is 5.32 Å². The fourth-order valence-corrected chi connectivity index (χ4v) is 0.623. The van der Waals surface area contributed by atoms with Gasteiger partial charge in [-0.2, -0.15) is 0 Å². The average molecular weight is 164 g/mol. The number of halogens is 1. The molecule has 10 heavy (non-hydrogen) atoms. The van der Waals surface area contributed by atoms with E-state index in [4.69, 9.17) is 16.3 Å². The van der Waals surface area contributed by atoms with Crippen LogP contribution in [0.4, 0.5) is 4.79 Å². The number of amides is 1. The number of ether oxygens (including phenoxy) is 1. The molecule has 1 aliphatic rings. The van der Waals surface area contributed by atoms with Gasteiger partial charge >= 0.3 is 6.09 Å². The number of rotatable bonds is 3. The first-order valence-corrected chi connectivity index (χ1v) is 3.87. The van der Waals surface area contributed by atoms with Crippen molar-refractivity contribution in [1.29, 1.82) is 0 Å². The predicted molar refractivity (Wildman–Crippen MR) is 38.2 cm³/mol. The largest absolute Gasteiger partial charge is 0.446 e. The van der Waals surface area contributed by atoms with E-state index in [1.807, 2.05) is 0 Å². The van der Waals surface area contributed by atoms with Crippen molar-refractivity contribution in [2.75, 3.05) is 12.4 Å². The van der Waals surface area contributed by atoms with Gasteiger partial charge in [0, 0.05) is 12.4 Å². The summed E-state index contributed by atoms with van der Waals surface area (Å²) in [6.07, 6.45) is 1.85. The monoisotopic (exact) mass is 163 g/mol. The molecule has 1 rings (SSSR count). The predicted octanol–water partition coefficient (Wildman–Crippen LogP) is 1.11. The Balaban J connectivity index is 1.97. The smallest absolute Gasteiger partial charge is 0.407 e. The Labute approximate surface area is 64.7 Å². The number of hydrogen-bond acceptors (Lipinski definition) is 2. The summed E-state index contributed by atoms with van der Waals surface area (Å²) in [5.74, 6) is 0.430. The Morgan fingerprint density at radius 1 is 1.70 bits per heavy atom. The normalized spacial score (nSPS) is 16.5. The molecule has 4 heteroatoms. The Bertz CT molecular complexity index is 125. The van der Waals surface area contributed by atoms with Crippen LogP contribution in [0.5, 0.6) is 0 Å². The van der Waals surface area contributed by atoms with Crippen molar-refractivity contribution in [3.8, 4) is 0 Å². The summed E-state index contributed by atoms with van der Waals surface area (Å²) < 4.78 is 4.85. The lowest BCUT2D eigenvalue weighted by Crippen LogP contribution is -2.26. The molecule has 1 amide bonds. The topological polar surface area (TPSA) is 38.3 Å². The lowest BCUT2D eigenvalue weighted by atomic mass is 10.7. The highest BCUT2D eigenvalue weighted by Gasteiger charge is 2.25. The second-order valence-electron chi connectivity index (χ2n) is 2.22. The molecule has 0 aromatic carbocycles. The number of alkyl carbamates (subject to hydrolysis) is 1. The summed E-state index contributed by atoms with van der Waals surface area (Å²) in [5.41, 5.74) is 0. The molecule has 0 heterocycles. The van der Waals surface area contributed by atoms with Crippen LogP contribution in [0, 0.1) is 0 Å². The van der Waals surface area contributed by atoms with Gasteiger partial charge < -0.3 is 10.1 Å². The Morgan fingerprint density at radius 2 is 2.40 bits per heavy atom. The maximum absolute atomic E-state index is 10.7. The summed E-state index contributed by atoms with van der Waals surface area (Å²) >= 11 is 5.33. The molecule has 0 aromatic heterocycles. The highest BCUT2D eigenvalue weighted by atomic mass is 35.5. The highest BCUT2D eigenvalue weighted by Crippen LogP contribution is 2.23. The molecule has 1 aliphatic carbocycles. The molecule has 0 aliphatic heterocycles. The van der Waals surface area contributed by atoms with Gasteiger partial charge in [0.05, 0.1) is 0 Å². The lowest BCUT2D eigenvalue weighted by Gasteiger charge is -2.02. The minimum atomic E-state index is -0.344. The van der Waals surface area contributed by atoms with E-state index in [0.29, 0.717) is 12.4 Å². The number of carbonyl (C=O) groups excluding carboxylic acids is 1. The maximum Gasteiger partial charge on any atom is 0.407 e. The van der Waals surface area contributed by atoms with Crippen LogP contribution in [-0.4, -0.2) is 24.6 Å². The van der Waals surface area contributed by atoms with E-state index in [1.54, 1.807) is 0 Å². The van der Waals surface area contributed by atoms with E-state index < -0.39 is 0 Å². The van der Waals surface area contributed by atoms with Gasteiger partial charge in [-0.25, -0.2) is 4.79 Å². The fraction of sp³-hybridized carbons (Fsp3) is 0.833. The summed E-state index contributed by atoms with van der Waals surface area (Å²) in [5, 5.41) is 2.51. The molecular weight excluding hydrogens is 154 g/mol. The van der Waals surface area contributed by atoms with Crippen LogP contribution in [0.1, 0.15) is 12.8 Å². The van der Waals surface area contributed by atoms with Crippen molar-refractivity contribution >= 4 is 17.7 Å². The van der Waals surface area contributed by atoms with Crippen LogP contribution in [0.25, 0.3) is 0 Å². The van der Waals surface area contributed by atoms with E-state index in [9.17, 15) is 4.79 Å². The average Bonchev–Trinajstić information content (AvgIpc) is 2.67. The maximum atomic E-state index is 10.7. The summed E-state index contributed by atoms with van der Waals surface area (Å²) in [6.45, 7) is 0.479. The van der Waals surface area contributed by atoms with Crippen molar-refractivity contribution in [3.63, 3.8) is 0 Å². The zero-order valence-electron chi connectivity index (χ0n) is 5.60. The minimum Gasteiger partial charge on any atom is -0.446 e. The Hall–Kier alpha value is -0.440. The van der Waals surface area contributed by atoms with Gasteiger partial charge in [0.25, 0.3) is 0 Å². The molecule has 3 nitrogen and oxygen atoms in total. The van der Waals surface area contributed by atoms with Gasteiger partial charge in [0.15, 0.2) is 0 Å². The van der Waals surface area contributed by atoms with Crippen LogP contribution >= 0.6 is 11.6 Å². The molecule has 1 fully saturated rings. The summed E-state index contributed by atoms with van der Waals surface area (Å²) in [7, 11) is 0. The van der Waals surface area contributed by atoms with Crippen LogP contribution in [-0.2, 0) is 4.74 Å². The molecule has 0 radical (unpaired) electrons. The number of hydrogen-bond donors (Lipinski definition) is 1. The molecule has 0 spiro atoms. The summed E-state index contributed by atoms with van der Waals surface area (Å²) in [4.78, 5) is 10.7.